The summed E-state index contributed by atoms with van der Waals surface area (Å²) in [5, 5.41) is 5.53. The fraction of sp³-hybridized carbons (Fsp3) is 0.174. The van der Waals surface area contributed by atoms with Crippen molar-refractivity contribution in [2.75, 3.05) is 24.4 Å². The van der Waals surface area contributed by atoms with Gasteiger partial charge in [0.05, 0.1) is 18.4 Å². The van der Waals surface area contributed by atoms with Crippen LogP contribution in [0.4, 0.5) is 11.4 Å². The Kier molecular flexibility index (Phi) is 6.64. The predicted octanol–water partition coefficient (Wildman–Crippen LogP) is 3.98. The van der Waals surface area contributed by atoms with Gasteiger partial charge in [0.2, 0.25) is 0 Å². The molecule has 2 amide bonds. The van der Waals surface area contributed by atoms with E-state index in [1.54, 1.807) is 36.5 Å². The molecule has 0 atom stereocenters. The lowest BCUT2D eigenvalue weighted by Crippen LogP contribution is -2.20. The predicted molar refractivity (Wildman–Crippen MR) is 115 cm³/mol. The summed E-state index contributed by atoms with van der Waals surface area (Å²) in [5.74, 6) is 0.446. The maximum Gasteiger partial charge on any atom is 0.262 e. The van der Waals surface area contributed by atoms with Gasteiger partial charge in [0.25, 0.3) is 11.8 Å². The van der Waals surface area contributed by atoms with E-state index >= 15 is 0 Å². The van der Waals surface area contributed by atoms with Crippen LogP contribution in [0.15, 0.2) is 60.9 Å². The molecule has 3 aromatic rings. The maximum absolute atomic E-state index is 12.3. The summed E-state index contributed by atoms with van der Waals surface area (Å²) in [4.78, 5) is 28.5. The summed E-state index contributed by atoms with van der Waals surface area (Å²) in [6, 6.07) is 14.0. The molecule has 0 aliphatic rings. The van der Waals surface area contributed by atoms with Gasteiger partial charge >= 0.3 is 0 Å². The highest BCUT2D eigenvalue weighted by molar-refractivity contribution is 6.05. The van der Waals surface area contributed by atoms with Gasteiger partial charge in [-0.25, -0.2) is 0 Å². The van der Waals surface area contributed by atoms with Crippen molar-refractivity contribution in [3.8, 4) is 11.5 Å². The number of hydrogen-bond acceptors (Lipinski definition) is 5. The van der Waals surface area contributed by atoms with E-state index in [-0.39, 0.29) is 18.4 Å². The van der Waals surface area contributed by atoms with Crippen LogP contribution in [-0.2, 0) is 4.79 Å². The van der Waals surface area contributed by atoms with Gasteiger partial charge in [0, 0.05) is 24.1 Å². The molecule has 30 heavy (non-hydrogen) atoms. The number of benzene rings is 2. The van der Waals surface area contributed by atoms with E-state index in [4.69, 9.17) is 9.47 Å². The van der Waals surface area contributed by atoms with Crippen molar-refractivity contribution in [1.29, 1.82) is 0 Å². The number of aromatic nitrogens is 1. The van der Waals surface area contributed by atoms with E-state index in [0.717, 1.165) is 11.1 Å². The van der Waals surface area contributed by atoms with Gasteiger partial charge in [-0.15, -0.1) is 0 Å². The quantitative estimate of drug-likeness (QED) is 0.621. The van der Waals surface area contributed by atoms with Crippen molar-refractivity contribution >= 4 is 23.2 Å². The smallest absolute Gasteiger partial charge is 0.262 e. The monoisotopic (exact) mass is 405 g/mol. The van der Waals surface area contributed by atoms with Gasteiger partial charge in [-0.05, 0) is 61.4 Å². The summed E-state index contributed by atoms with van der Waals surface area (Å²) >= 11 is 0. The number of pyridine rings is 1. The number of nitrogens with one attached hydrogen (secondary N) is 2. The highest BCUT2D eigenvalue weighted by Crippen LogP contribution is 2.28. The summed E-state index contributed by atoms with van der Waals surface area (Å²) in [6.07, 6.45) is 3.07. The third kappa shape index (κ3) is 5.35. The van der Waals surface area contributed by atoms with Crippen molar-refractivity contribution < 1.29 is 19.1 Å². The molecule has 7 nitrogen and oxygen atoms in total. The first-order valence-electron chi connectivity index (χ1n) is 9.35. The highest BCUT2D eigenvalue weighted by atomic mass is 16.5. The van der Waals surface area contributed by atoms with E-state index in [0.29, 0.717) is 28.4 Å². The SMILES string of the molecule is COc1cc(NC(=O)COc2ccc(C)c(C)c2)ccc1NC(=O)c1cccnc1. The lowest BCUT2D eigenvalue weighted by atomic mass is 10.1. The topological polar surface area (TPSA) is 89.5 Å². The Balaban J connectivity index is 1.61. The second-order valence-corrected chi connectivity index (χ2v) is 6.69. The van der Waals surface area contributed by atoms with E-state index in [9.17, 15) is 9.59 Å². The Hall–Kier alpha value is -3.87. The van der Waals surface area contributed by atoms with Crippen molar-refractivity contribution in [2.45, 2.75) is 13.8 Å². The molecule has 1 aromatic heterocycles. The second kappa shape index (κ2) is 9.56. The number of carbonyl (C=O) groups excluding carboxylic acids is 2. The summed E-state index contributed by atoms with van der Waals surface area (Å²) in [7, 11) is 1.49. The molecule has 1 heterocycles. The van der Waals surface area contributed by atoms with Crippen molar-refractivity contribution in [1.82, 2.24) is 4.98 Å². The van der Waals surface area contributed by atoms with Crippen molar-refractivity contribution in [3.05, 3.63) is 77.6 Å². The van der Waals surface area contributed by atoms with Gasteiger partial charge in [-0.3, -0.25) is 14.6 Å². The number of hydrogen-bond donors (Lipinski definition) is 2. The largest absolute Gasteiger partial charge is 0.494 e. The van der Waals surface area contributed by atoms with Gasteiger partial charge in [0.15, 0.2) is 6.61 Å². The molecular weight excluding hydrogens is 382 g/mol. The molecule has 0 unspecified atom stereocenters. The molecular formula is C23H23N3O4. The van der Waals surface area contributed by atoms with E-state index in [1.165, 1.54) is 13.3 Å². The lowest BCUT2D eigenvalue weighted by molar-refractivity contribution is -0.118. The fourth-order valence-electron chi connectivity index (χ4n) is 2.71. The summed E-state index contributed by atoms with van der Waals surface area (Å²) in [6.45, 7) is 3.88. The van der Waals surface area contributed by atoms with Gasteiger partial charge in [-0.1, -0.05) is 6.07 Å². The number of amides is 2. The average Bonchev–Trinajstić information content (AvgIpc) is 2.76. The third-order valence-electron chi connectivity index (χ3n) is 4.51. The Morgan fingerprint density at radius 2 is 1.83 bits per heavy atom. The fourth-order valence-corrected chi connectivity index (χ4v) is 2.71. The zero-order chi connectivity index (χ0) is 21.5. The van der Waals surface area contributed by atoms with Crippen LogP contribution in [0.25, 0.3) is 0 Å². The molecule has 2 N–H and O–H groups in total. The number of rotatable bonds is 7. The Morgan fingerprint density at radius 1 is 1.00 bits per heavy atom. The minimum absolute atomic E-state index is 0.121. The molecule has 0 fully saturated rings. The Morgan fingerprint density at radius 3 is 2.53 bits per heavy atom. The number of anilines is 2. The number of methoxy groups -OCH3 is 1. The van der Waals surface area contributed by atoms with Crippen LogP contribution in [0.5, 0.6) is 11.5 Å². The van der Waals surface area contributed by atoms with E-state index in [2.05, 4.69) is 15.6 Å². The highest BCUT2D eigenvalue weighted by Gasteiger charge is 2.12. The number of aryl methyl sites for hydroxylation is 2. The second-order valence-electron chi connectivity index (χ2n) is 6.69. The Bertz CT molecular complexity index is 1050. The molecule has 0 aliphatic carbocycles. The normalized spacial score (nSPS) is 10.2. The minimum Gasteiger partial charge on any atom is -0.494 e. The molecule has 0 aliphatic heterocycles. The molecule has 154 valence electrons. The van der Waals surface area contributed by atoms with Crippen molar-refractivity contribution in [3.63, 3.8) is 0 Å². The van der Waals surface area contributed by atoms with Gasteiger partial charge < -0.3 is 20.1 Å². The number of nitrogens with zero attached hydrogens (tertiary/aromatic N) is 1. The van der Waals surface area contributed by atoms with Gasteiger partial charge in [0.1, 0.15) is 11.5 Å². The first kappa shape index (κ1) is 20.9. The van der Waals surface area contributed by atoms with Crippen LogP contribution in [0.2, 0.25) is 0 Å². The molecule has 0 radical (unpaired) electrons. The standard InChI is InChI=1S/C23H23N3O4/c1-15-6-8-19(11-16(15)2)30-14-22(27)25-18-7-9-20(21(12-18)29-3)26-23(28)17-5-4-10-24-13-17/h4-13H,14H2,1-3H3,(H,25,27)(H,26,28). The Labute approximate surface area is 175 Å². The molecule has 2 aromatic carbocycles. The molecule has 0 bridgehead atoms. The maximum atomic E-state index is 12.3. The summed E-state index contributed by atoms with van der Waals surface area (Å²) in [5.41, 5.74) is 3.70. The van der Waals surface area contributed by atoms with Crippen molar-refractivity contribution in [2.24, 2.45) is 0 Å². The first-order chi connectivity index (χ1) is 14.5. The van der Waals surface area contributed by atoms with Crippen LogP contribution in [0.3, 0.4) is 0 Å². The summed E-state index contributed by atoms with van der Waals surface area (Å²) < 4.78 is 10.9. The van der Waals surface area contributed by atoms with Crippen LogP contribution in [0, 0.1) is 13.8 Å². The lowest BCUT2D eigenvalue weighted by Gasteiger charge is -2.13. The number of carbonyl (C=O) groups is 2. The van der Waals surface area contributed by atoms with Crippen LogP contribution >= 0.6 is 0 Å². The molecule has 7 heteroatoms. The molecule has 3 rings (SSSR count). The van der Waals surface area contributed by atoms with E-state index in [1.807, 2.05) is 32.0 Å². The minimum atomic E-state index is -0.306. The third-order valence-corrected chi connectivity index (χ3v) is 4.51. The van der Waals surface area contributed by atoms with E-state index < -0.39 is 0 Å². The zero-order valence-electron chi connectivity index (χ0n) is 17.1. The molecule has 0 saturated heterocycles. The number of ether oxygens (including phenoxy) is 2. The zero-order valence-corrected chi connectivity index (χ0v) is 17.1. The van der Waals surface area contributed by atoms with Crippen LogP contribution in [-0.4, -0.2) is 30.5 Å². The first-order valence-corrected chi connectivity index (χ1v) is 9.35. The molecule has 0 spiro atoms. The van der Waals surface area contributed by atoms with Crippen LogP contribution < -0.4 is 20.1 Å². The van der Waals surface area contributed by atoms with Gasteiger partial charge in [-0.2, -0.15) is 0 Å². The average molecular weight is 405 g/mol. The van der Waals surface area contributed by atoms with Crippen LogP contribution in [0.1, 0.15) is 21.5 Å². The molecule has 0 saturated carbocycles.